The van der Waals surface area contributed by atoms with Gasteiger partial charge in [0.25, 0.3) is 5.91 Å². The summed E-state index contributed by atoms with van der Waals surface area (Å²) in [7, 11) is 1.58. The second kappa shape index (κ2) is 8.29. The lowest BCUT2D eigenvalue weighted by Gasteiger charge is -2.06. The number of aliphatic hydroxyl groups is 1. The van der Waals surface area contributed by atoms with E-state index in [1.165, 1.54) is 0 Å². The van der Waals surface area contributed by atoms with Crippen LogP contribution in [0.5, 0.6) is 0 Å². The van der Waals surface area contributed by atoms with Crippen LogP contribution in [0.2, 0.25) is 0 Å². The largest absolute Gasteiger partial charge is 0.395 e. The van der Waals surface area contributed by atoms with Crippen LogP contribution in [0.3, 0.4) is 0 Å². The number of aliphatic hydroxyl groups excluding tert-OH is 1. The van der Waals surface area contributed by atoms with E-state index < -0.39 is 0 Å². The molecule has 0 bridgehead atoms. The fourth-order valence-electron chi connectivity index (χ4n) is 1.37. The van der Waals surface area contributed by atoms with Gasteiger partial charge in [-0.15, -0.1) is 0 Å². The molecule has 1 aromatic rings. The number of methoxy groups -OCH3 is 1. The number of benzene rings is 1. The zero-order valence-electron chi connectivity index (χ0n) is 10.4. The zero-order chi connectivity index (χ0) is 13.2. The Morgan fingerprint density at radius 2 is 2.22 bits per heavy atom. The summed E-state index contributed by atoms with van der Waals surface area (Å²) in [5, 5.41) is 11.4. The SMILES string of the molecule is COCCNC(=O)c1ccccc1C#CCCO. The van der Waals surface area contributed by atoms with Gasteiger partial charge in [0.1, 0.15) is 0 Å². The van der Waals surface area contributed by atoms with Crippen LogP contribution in [-0.2, 0) is 4.74 Å². The van der Waals surface area contributed by atoms with Crippen molar-refractivity contribution in [1.82, 2.24) is 5.32 Å². The van der Waals surface area contributed by atoms with Gasteiger partial charge in [-0.1, -0.05) is 24.0 Å². The van der Waals surface area contributed by atoms with E-state index in [0.717, 1.165) is 0 Å². The number of hydrogen-bond donors (Lipinski definition) is 2. The number of carbonyl (C=O) groups is 1. The van der Waals surface area contributed by atoms with E-state index in [1.54, 1.807) is 25.3 Å². The number of carbonyl (C=O) groups excluding carboxylic acids is 1. The monoisotopic (exact) mass is 247 g/mol. The van der Waals surface area contributed by atoms with Crippen molar-refractivity contribution in [2.24, 2.45) is 0 Å². The van der Waals surface area contributed by atoms with Crippen LogP contribution >= 0.6 is 0 Å². The third kappa shape index (κ3) is 4.58. The summed E-state index contributed by atoms with van der Waals surface area (Å²) in [5.74, 6) is 5.53. The summed E-state index contributed by atoms with van der Waals surface area (Å²) < 4.78 is 4.87. The van der Waals surface area contributed by atoms with Crippen molar-refractivity contribution in [1.29, 1.82) is 0 Å². The highest BCUT2D eigenvalue weighted by Gasteiger charge is 2.08. The van der Waals surface area contributed by atoms with Gasteiger partial charge in [-0.05, 0) is 12.1 Å². The molecule has 2 N–H and O–H groups in total. The molecule has 1 rings (SSSR count). The molecule has 0 saturated carbocycles. The third-order valence-electron chi connectivity index (χ3n) is 2.22. The molecule has 18 heavy (non-hydrogen) atoms. The fraction of sp³-hybridized carbons (Fsp3) is 0.357. The van der Waals surface area contributed by atoms with Crippen molar-refractivity contribution < 1.29 is 14.6 Å². The molecule has 0 radical (unpaired) electrons. The van der Waals surface area contributed by atoms with E-state index in [2.05, 4.69) is 17.2 Å². The Morgan fingerprint density at radius 1 is 1.44 bits per heavy atom. The second-order valence-corrected chi connectivity index (χ2v) is 3.57. The molecule has 0 atom stereocenters. The number of hydrogen-bond acceptors (Lipinski definition) is 3. The van der Waals surface area contributed by atoms with E-state index in [0.29, 0.717) is 30.7 Å². The van der Waals surface area contributed by atoms with Gasteiger partial charge in [-0.2, -0.15) is 0 Å². The average molecular weight is 247 g/mol. The lowest BCUT2D eigenvalue weighted by molar-refractivity contribution is 0.0937. The Balaban J connectivity index is 2.75. The van der Waals surface area contributed by atoms with Gasteiger partial charge in [0.2, 0.25) is 0 Å². The van der Waals surface area contributed by atoms with Gasteiger partial charge in [-0.3, -0.25) is 4.79 Å². The predicted molar refractivity (Wildman–Crippen MR) is 69.2 cm³/mol. The molecule has 0 aliphatic carbocycles. The van der Waals surface area contributed by atoms with Gasteiger partial charge in [0.15, 0.2) is 0 Å². The topological polar surface area (TPSA) is 58.6 Å². The predicted octanol–water partition coefficient (Wildman–Crippen LogP) is 0.797. The molecule has 0 aromatic heterocycles. The Kier molecular flexibility index (Phi) is 6.55. The van der Waals surface area contributed by atoms with E-state index in [4.69, 9.17) is 9.84 Å². The van der Waals surface area contributed by atoms with Crippen LogP contribution in [0, 0.1) is 11.8 Å². The van der Waals surface area contributed by atoms with Crippen molar-refractivity contribution in [2.75, 3.05) is 26.9 Å². The maximum atomic E-state index is 11.9. The first-order valence-electron chi connectivity index (χ1n) is 5.75. The van der Waals surface area contributed by atoms with E-state index in [9.17, 15) is 4.79 Å². The van der Waals surface area contributed by atoms with Crippen molar-refractivity contribution in [3.8, 4) is 11.8 Å². The molecule has 96 valence electrons. The first-order chi connectivity index (χ1) is 8.79. The lowest BCUT2D eigenvalue weighted by Crippen LogP contribution is -2.27. The maximum absolute atomic E-state index is 11.9. The highest BCUT2D eigenvalue weighted by Crippen LogP contribution is 2.07. The molecule has 0 unspecified atom stereocenters. The normalized spacial score (nSPS) is 9.44. The lowest BCUT2D eigenvalue weighted by atomic mass is 10.1. The van der Waals surface area contributed by atoms with Crippen LogP contribution in [0.4, 0.5) is 0 Å². The van der Waals surface area contributed by atoms with Crippen molar-refractivity contribution >= 4 is 5.91 Å². The molecule has 0 fully saturated rings. The maximum Gasteiger partial charge on any atom is 0.252 e. The summed E-state index contributed by atoms with van der Waals surface area (Å²) in [6, 6.07) is 7.14. The fourth-order valence-corrected chi connectivity index (χ4v) is 1.37. The van der Waals surface area contributed by atoms with Crippen molar-refractivity contribution in [3.05, 3.63) is 35.4 Å². The smallest absolute Gasteiger partial charge is 0.252 e. The molecular weight excluding hydrogens is 230 g/mol. The van der Waals surface area contributed by atoms with Crippen LogP contribution in [0.25, 0.3) is 0 Å². The van der Waals surface area contributed by atoms with Crippen molar-refractivity contribution in [3.63, 3.8) is 0 Å². The summed E-state index contributed by atoms with van der Waals surface area (Å²) in [6.45, 7) is 0.965. The molecule has 0 aliphatic rings. The highest BCUT2D eigenvalue weighted by atomic mass is 16.5. The van der Waals surface area contributed by atoms with Crippen LogP contribution in [-0.4, -0.2) is 37.9 Å². The molecule has 1 amide bonds. The highest BCUT2D eigenvalue weighted by molar-refractivity contribution is 5.96. The minimum absolute atomic E-state index is 0.0230. The zero-order valence-corrected chi connectivity index (χ0v) is 10.4. The van der Waals surface area contributed by atoms with Crippen LogP contribution in [0.1, 0.15) is 22.3 Å². The van der Waals surface area contributed by atoms with Gasteiger partial charge < -0.3 is 15.2 Å². The summed E-state index contributed by atoms with van der Waals surface area (Å²) in [4.78, 5) is 11.9. The van der Waals surface area contributed by atoms with E-state index in [-0.39, 0.29) is 12.5 Å². The second-order valence-electron chi connectivity index (χ2n) is 3.57. The molecule has 4 nitrogen and oxygen atoms in total. The minimum Gasteiger partial charge on any atom is -0.395 e. The van der Waals surface area contributed by atoms with Crippen LogP contribution in [0.15, 0.2) is 24.3 Å². The first-order valence-corrected chi connectivity index (χ1v) is 5.75. The Labute approximate surface area is 107 Å². The van der Waals surface area contributed by atoms with E-state index in [1.807, 2.05) is 6.07 Å². The van der Waals surface area contributed by atoms with Crippen LogP contribution < -0.4 is 5.32 Å². The Morgan fingerprint density at radius 3 is 2.94 bits per heavy atom. The molecule has 0 heterocycles. The van der Waals surface area contributed by atoms with Gasteiger partial charge >= 0.3 is 0 Å². The summed E-state index contributed by atoms with van der Waals surface area (Å²) in [6.07, 6.45) is 0.402. The number of rotatable bonds is 5. The van der Waals surface area contributed by atoms with Gasteiger partial charge in [0, 0.05) is 25.6 Å². The summed E-state index contributed by atoms with van der Waals surface area (Å²) >= 11 is 0. The van der Waals surface area contributed by atoms with Gasteiger partial charge in [0.05, 0.1) is 18.8 Å². The summed E-state index contributed by atoms with van der Waals surface area (Å²) in [5.41, 5.74) is 1.21. The third-order valence-corrected chi connectivity index (χ3v) is 2.22. The number of amides is 1. The van der Waals surface area contributed by atoms with E-state index >= 15 is 0 Å². The molecule has 1 aromatic carbocycles. The van der Waals surface area contributed by atoms with Crippen molar-refractivity contribution in [2.45, 2.75) is 6.42 Å². The number of ether oxygens (including phenoxy) is 1. The van der Waals surface area contributed by atoms with Gasteiger partial charge in [-0.25, -0.2) is 0 Å². The quantitative estimate of drug-likeness (QED) is 0.597. The molecule has 0 spiro atoms. The number of nitrogens with one attached hydrogen (secondary N) is 1. The first kappa shape index (κ1) is 14.2. The Bertz CT molecular complexity index is 446. The Hall–Kier alpha value is -1.83. The average Bonchev–Trinajstić information content (AvgIpc) is 2.40. The molecule has 4 heteroatoms. The molecular formula is C14H17NO3. The molecule has 0 aliphatic heterocycles. The molecule has 0 saturated heterocycles. The minimum atomic E-state index is -0.166. The standard InChI is InChI=1S/C14H17NO3/c1-18-11-9-15-14(17)13-8-3-2-6-12(13)7-4-5-10-16/h2-3,6,8,16H,5,9-11H2,1H3,(H,15,17).